The standard InChI is InChI=1S/C13H15NO5/c15-10-6-7-11(16)14(10)12(17)8-19-13(18)9-4-2-1-3-5-9/h6-7,9H,1-5,8H2. The fourth-order valence-electron chi connectivity index (χ4n) is 2.30. The summed E-state index contributed by atoms with van der Waals surface area (Å²) in [5.74, 6) is -2.76. The second-order valence-electron chi connectivity index (χ2n) is 4.68. The van der Waals surface area contributed by atoms with E-state index in [1.807, 2.05) is 0 Å². The highest BCUT2D eigenvalue weighted by Crippen LogP contribution is 2.24. The van der Waals surface area contributed by atoms with Gasteiger partial charge in [-0.1, -0.05) is 19.3 Å². The van der Waals surface area contributed by atoms with Crippen molar-refractivity contribution in [2.75, 3.05) is 6.61 Å². The highest BCUT2D eigenvalue weighted by Gasteiger charge is 2.31. The molecule has 3 amide bonds. The molecular weight excluding hydrogens is 250 g/mol. The summed E-state index contributed by atoms with van der Waals surface area (Å²) >= 11 is 0. The van der Waals surface area contributed by atoms with E-state index < -0.39 is 30.3 Å². The number of amides is 3. The molecule has 2 rings (SSSR count). The average Bonchev–Trinajstić information content (AvgIpc) is 2.76. The number of imide groups is 3. The highest BCUT2D eigenvalue weighted by molar-refractivity contribution is 6.22. The molecule has 0 saturated heterocycles. The summed E-state index contributed by atoms with van der Waals surface area (Å²) < 4.78 is 4.89. The summed E-state index contributed by atoms with van der Waals surface area (Å²) in [4.78, 5) is 46.3. The lowest BCUT2D eigenvalue weighted by Crippen LogP contribution is -2.39. The molecule has 19 heavy (non-hydrogen) atoms. The monoisotopic (exact) mass is 265 g/mol. The molecule has 0 bridgehead atoms. The second-order valence-corrected chi connectivity index (χ2v) is 4.68. The molecule has 0 aromatic rings. The molecule has 0 spiro atoms. The number of hydrogen-bond donors (Lipinski definition) is 0. The number of hydrogen-bond acceptors (Lipinski definition) is 5. The van der Waals surface area contributed by atoms with Gasteiger partial charge in [0.25, 0.3) is 17.7 Å². The molecular formula is C13H15NO5. The van der Waals surface area contributed by atoms with Crippen LogP contribution in [-0.4, -0.2) is 35.2 Å². The molecule has 1 aliphatic carbocycles. The largest absolute Gasteiger partial charge is 0.455 e. The topological polar surface area (TPSA) is 80.8 Å². The minimum Gasteiger partial charge on any atom is -0.455 e. The van der Waals surface area contributed by atoms with Crippen LogP contribution in [0.1, 0.15) is 32.1 Å². The van der Waals surface area contributed by atoms with Gasteiger partial charge in [-0.3, -0.25) is 19.2 Å². The summed E-state index contributed by atoms with van der Waals surface area (Å²) in [7, 11) is 0. The van der Waals surface area contributed by atoms with Gasteiger partial charge >= 0.3 is 5.97 Å². The number of ether oxygens (including phenoxy) is 1. The van der Waals surface area contributed by atoms with Crippen molar-refractivity contribution in [2.24, 2.45) is 5.92 Å². The van der Waals surface area contributed by atoms with Gasteiger partial charge in [0, 0.05) is 12.2 Å². The van der Waals surface area contributed by atoms with Crippen LogP contribution in [0.2, 0.25) is 0 Å². The minimum absolute atomic E-state index is 0.162. The van der Waals surface area contributed by atoms with E-state index in [1.165, 1.54) is 0 Å². The average molecular weight is 265 g/mol. The van der Waals surface area contributed by atoms with E-state index in [2.05, 4.69) is 0 Å². The third kappa shape index (κ3) is 3.07. The van der Waals surface area contributed by atoms with Crippen LogP contribution in [0.3, 0.4) is 0 Å². The number of carbonyl (C=O) groups is 4. The van der Waals surface area contributed by atoms with Crippen LogP contribution in [0, 0.1) is 5.92 Å². The molecule has 6 heteroatoms. The van der Waals surface area contributed by atoms with Crippen molar-refractivity contribution in [3.05, 3.63) is 12.2 Å². The van der Waals surface area contributed by atoms with Crippen molar-refractivity contribution in [3.8, 4) is 0 Å². The summed E-state index contributed by atoms with van der Waals surface area (Å²) in [6, 6.07) is 0. The third-order valence-corrected chi connectivity index (χ3v) is 3.34. The molecule has 0 radical (unpaired) electrons. The fraction of sp³-hybridized carbons (Fsp3) is 0.538. The zero-order valence-corrected chi connectivity index (χ0v) is 10.5. The Bertz CT molecular complexity index is 430. The summed E-state index contributed by atoms with van der Waals surface area (Å²) in [5, 5.41) is 0. The van der Waals surface area contributed by atoms with E-state index in [-0.39, 0.29) is 5.92 Å². The zero-order valence-electron chi connectivity index (χ0n) is 10.5. The molecule has 0 N–H and O–H groups in total. The quantitative estimate of drug-likeness (QED) is 0.550. The second kappa shape index (κ2) is 5.77. The molecule has 0 aromatic heterocycles. The van der Waals surface area contributed by atoms with Gasteiger partial charge in [-0.25, -0.2) is 4.90 Å². The Morgan fingerprint density at radius 3 is 2.26 bits per heavy atom. The van der Waals surface area contributed by atoms with Gasteiger partial charge in [0.2, 0.25) is 0 Å². The maximum absolute atomic E-state index is 11.7. The lowest BCUT2D eigenvalue weighted by atomic mass is 9.89. The Balaban J connectivity index is 1.81. The Morgan fingerprint density at radius 1 is 1.11 bits per heavy atom. The van der Waals surface area contributed by atoms with Crippen LogP contribution < -0.4 is 0 Å². The van der Waals surface area contributed by atoms with Crippen molar-refractivity contribution in [1.29, 1.82) is 0 Å². The Morgan fingerprint density at radius 2 is 1.68 bits per heavy atom. The van der Waals surface area contributed by atoms with Crippen molar-refractivity contribution >= 4 is 23.7 Å². The van der Waals surface area contributed by atoms with E-state index >= 15 is 0 Å². The van der Waals surface area contributed by atoms with Crippen molar-refractivity contribution in [2.45, 2.75) is 32.1 Å². The first-order valence-electron chi connectivity index (χ1n) is 6.35. The highest BCUT2D eigenvalue weighted by atomic mass is 16.5. The molecule has 102 valence electrons. The minimum atomic E-state index is -0.802. The first kappa shape index (κ1) is 13.5. The lowest BCUT2D eigenvalue weighted by Gasteiger charge is -2.20. The van der Waals surface area contributed by atoms with Gasteiger partial charge in [-0.15, -0.1) is 0 Å². The Labute approximate surface area is 110 Å². The molecule has 2 aliphatic rings. The molecule has 0 atom stereocenters. The molecule has 1 fully saturated rings. The first-order valence-corrected chi connectivity index (χ1v) is 6.35. The molecule has 1 aliphatic heterocycles. The van der Waals surface area contributed by atoms with Gasteiger partial charge in [-0.05, 0) is 12.8 Å². The van der Waals surface area contributed by atoms with Gasteiger partial charge in [-0.2, -0.15) is 0 Å². The summed E-state index contributed by atoms with van der Waals surface area (Å²) in [6.07, 6.45) is 6.67. The number of carbonyl (C=O) groups excluding carboxylic acids is 4. The molecule has 0 aromatic carbocycles. The van der Waals surface area contributed by atoms with E-state index in [4.69, 9.17) is 4.74 Å². The SMILES string of the molecule is O=C(OCC(=O)N1C(=O)C=CC1=O)C1CCCCC1. The smallest absolute Gasteiger partial charge is 0.309 e. The van der Waals surface area contributed by atoms with Crippen LogP contribution in [0.15, 0.2) is 12.2 Å². The van der Waals surface area contributed by atoms with E-state index in [1.54, 1.807) is 0 Å². The van der Waals surface area contributed by atoms with E-state index in [0.29, 0.717) is 4.90 Å². The predicted octanol–water partition coefficient (Wildman–Crippen LogP) is 0.561. The molecule has 0 unspecified atom stereocenters. The third-order valence-electron chi connectivity index (χ3n) is 3.34. The number of nitrogens with zero attached hydrogens (tertiary/aromatic N) is 1. The maximum atomic E-state index is 11.7. The summed E-state index contributed by atoms with van der Waals surface area (Å²) in [5.41, 5.74) is 0. The normalized spacial score (nSPS) is 19.9. The Kier molecular flexibility index (Phi) is 4.09. The fourth-order valence-corrected chi connectivity index (χ4v) is 2.30. The van der Waals surface area contributed by atoms with Crippen LogP contribution >= 0.6 is 0 Å². The van der Waals surface area contributed by atoms with Crippen molar-refractivity contribution in [1.82, 2.24) is 4.90 Å². The molecule has 6 nitrogen and oxygen atoms in total. The Hall–Kier alpha value is -1.98. The maximum Gasteiger partial charge on any atom is 0.309 e. The van der Waals surface area contributed by atoms with Gasteiger partial charge in [0.15, 0.2) is 6.61 Å². The lowest BCUT2D eigenvalue weighted by molar-refractivity contribution is -0.160. The first-order chi connectivity index (χ1) is 9.09. The van der Waals surface area contributed by atoms with Crippen LogP contribution in [0.25, 0.3) is 0 Å². The summed E-state index contributed by atoms with van der Waals surface area (Å²) in [6.45, 7) is -0.561. The zero-order chi connectivity index (χ0) is 13.8. The van der Waals surface area contributed by atoms with E-state index in [9.17, 15) is 19.2 Å². The van der Waals surface area contributed by atoms with Crippen LogP contribution in [0.4, 0.5) is 0 Å². The predicted molar refractivity (Wildman–Crippen MR) is 63.5 cm³/mol. The van der Waals surface area contributed by atoms with Gasteiger partial charge < -0.3 is 4.74 Å². The van der Waals surface area contributed by atoms with E-state index in [0.717, 1.165) is 44.3 Å². The van der Waals surface area contributed by atoms with Gasteiger partial charge in [0.1, 0.15) is 0 Å². The molecule has 1 heterocycles. The molecule has 1 saturated carbocycles. The van der Waals surface area contributed by atoms with Gasteiger partial charge in [0.05, 0.1) is 5.92 Å². The van der Waals surface area contributed by atoms with Crippen LogP contribution in [-0.2, 0) is 23.9 Å². The van der Waals surface area contributed by atoms with Crippen LogP contribution in [0.5, 0.6) is 0 Å². The number of esters is 1. The van der Waals surface area contributed by atoms with Crippen molar-refractivity contribution < 1.29 is 23.9 Å². The number of rotatable bonds is 3. The van der Waals surface area contributed by atoms with Crippen molar-refractivity contribution in [3.63, 3.8) is 0 Å².